The molecule has 33 heavy (non-hydrogen) atoms. The van der Waals surface area contributed by atoms with Crippen LogP contribution in [-0.2, 0) is 25.7 Å². The summed E-state index contributed by atoms with van der Waals surface area (Å²) in [5, 5.41) is 2.10. The van der Waals surface area contributed by atoms with E-state index in [9.17, 15) is 0 Å². The number of rotatable bonds is 11. The average molecular weight is 462 g/mol. The van der Waals surface area contributed by atoms with E-state index in [1.54, 1.807) is 17.5 Å². The van der Waals surface area contributed by atoms with Crippen LogP contribution in [0.5, 0.6) is 0 Å². The first-order chi connectivity index (χ1) is 16.2. The van der Waals surface area contributed by atoms with Crippen LogP contribution in [0.4, 0.5) is 0 Å². The summed E-state index contributed by atoms with van der Waals surface area (Å²) < 4.78 is 0. The Balaban J connectivity index is 1.43. The van der Waals surface area contributed by atoms with Crippen molar-refractivity contribution in [3.8, 4) is 0 Å². The molecule has 0 radical (unpaired) electrons. The molecule has 4 rings (SSSR count). The zero-order valence-corrected chi connectivity index (χ0v) is 21.1. The van der Waals surface area contributed by atoms with Crippen LogP contribution in [0, 0.1) is 5.92 Å². The van der Waals surface area contributed by atoms with Crippen LogP contribution in [0.25, 0.3) is 5.70 Å². The summed E-state index contributed by atoms with van der Waals surface area (Å²) >= 11 is 1.58. The van der Waals surface area contributed by atoms with Crippen molar-refractivity contribution in [2.45, 2.75) is 84.5 Å². The van der Waals surface area contributed by atoms with Crippen LogP contribution in [0.15, 0.2) is 53.5 Å². The van der Waals surface area contributed by atoms with Gasteiger partial charge in [-0.05, 0) is 86.1 Å². The number of benzene rings is 1. The Labute approximate surface area is 204 Å². The van der Waals surface area contributed by atoms with Crippen molar-refractivity contribution in [1.82, 2.24) is 15.2 Å². The third-order valence-electron chi connectivity index (χ3n) is 7.12. The minimum atomic E-state index is 0.829. The third kappa shape index (κ3) is 6.97. The lowest BCUT2D eigenvalue weighted by atomic mass is 9.93. The Bertz CT molecular complexity index is 955. The second kappa shape index (κ2) is 12.4. The highest BCUT2D eigenvalue weighted by molar-refractivity contribution is 8.00. The number of hydrazine groups is 1. The fourth-order valence-corrected chi connectivity index (χ4v) is 5.53. The molecule has 1 aliphatic carbocycles. The predicted molar refractivity (Wildman–Crippen MR) is 143 cm³/mol. The molecule has 2 heterocycles. The number of nitrogens with zero attached hydrogens (tertiary/aromatic N) is 1. The predicted octanol–water partition coefficient (Wildman–Crippen LogP) is 7.33. The number of unbranched alkanes of at least 4 members (excludes halogenated alkanes) is 1. The van der Waals surface area contributed by atoms with Gasteiger partial charge in [0.05, 0.1) is 5.70 Å². The zero-order chi connectivity index (χ0) is 22.9. The summed E-state index contributed by atoms with van der Waals surface area (Å²) in [4.78, 5) is 8.30. The van der Waals surface area contributed by atoms with E-state index in [2.05, 4.69) is 72.0 Å². The van der Waals surface area contributed by atoms with Crippen molar-refractivity contribution in [3.63, 3.8) is 0 Å². The third-order valence-corrected chi connectivity index (χ3v) is 7.69. The maximum absolute atomic E-state index is 5.24. The van der Waals surface area contributed by atoms with E-state index < -0.39 is 0 Å². The van der Waals surface area contributed by atoms with Crippen molar-refractivity contribution in [2.75, 3.05) is 0 Å². The first-order valence-corrected chi connectivity index (χ1v) is 13.7. The molecule has 0 amide bonds. The number of nitrogens with one attached hydrogen (secondary N) is 2. The Hall–Kier alpha value is -2.04. The summed E-state index contributed by atoms with van der Waals surface area (Å²) in [6.07, 6.45) is 15.9. The van der Waals surface area contributed by atoms with Crippen LogP contribution in [0.2, 0.25) is 0 Å². The van der Waals surface area contributed by atoms with Gasteiger partial charge in [0.15, 0.2) is 0 Å². The molecule has 1 fully saturated rings. The summed E-state index contributed by atoms with van der Waals surface area (Å²) in [6, 6.07) is 13.6. The molecular weight excluding hydrogens is 422 g/mol. The van der Waals surface area contributed by atoms with Gasteiger partial charge in [-0.1, -0.05) is 81.0 Å². The van der Waals surface area contributed by atoms with Gasteiger partial charge >= 0.3 is 0 Å². The number of pyridine rings is 1. The Morgan fingerprint density at radius 2 is 1.91 bits per heavy atom. The van der Waals surface area contributed by atoms with Gasteiger partial charge in [0.25, 0.3) is 0 Å². The number of aryl methyl sites for hydroxylation is 2. The van der Waals surface area contributed by atoms with E-state index in [0.29, 0.717) is 0 Å². The fourth-order valence-electron chi connectivity index (χ4n) is 4.99. The Morgan fingerprint density at radius 1 is 1.09 bits per heavy atom. The van der Waals surface area contributed by atoms with E-state index in [1.165, 1.54) is 73.0 Å². The quantitative estimate of drug-likeness (QED) is 0.271. The molecule has 0 bridgehead atoms. The largest absolute Gasteiger partial charge is 0.310 e. The second-order valence-corrected chi connectivity index (χ2v) is 10.2. The molecule has 1 aromatic carbocycles. The lowest BCUT2D eigenvalue weighted by Gasteiger charge is -2.16. The highest BCUT2D eigenvalue weighted by atomic mass is 32.2. The molecule has 2 aromatic rings. The second-order valence-electron chi connectivity index (χ2n) is 9.56. The number of aromatic nitrogens is 1. The van der Waals surface area contributed by atoms with Gasteiger partial charge in [-0.3, -0.25) is 4.98 Å². The van der Waals surface area contributed by atoms with E-state index in [1.807, 2.05) is 0 Å². The van der Waals surface area contributed by atoms with Crippen LogP contribution in [-0.4, -0.2) is 4.98 Å². The van der Waals surface area contributed by atoms with Crippen LogP contribution < -0.4 is 10.3 Å². The smallest absolute Gasteiger partial charge is 0.0645 e. The van der Waals surface area contributed by atoms with E-state index >= 15 is 0 Å². The van der Waals surface area contributed by atoms with Gasteiger partial charge < -0.3 is 5.43 Å². The lowest BCUT2D eigenvalue weighted by Crippen LogP contribution is -2.17. The number of hydrogen-bond donors (Lipinski definition) is 2. The molecule has 0 spiro atoms. The molecule has 1 aromatic heterocycles. The molecule has 4 heteroatoms. The monoisotopic (exact) mass is 461 g/mol. The summed E-state index contributed by atoms with van der Waals surface area (Å²) in [7, 11) is 0. The standard InChI is InChI=1S/C29H39N3S/c1-3-5-8-22(4-2)19-26-16-18-27(30-28(26)20-24-9-6-7-10-24)17-13-23-11-14-25(15-12-23)29-21-33-32-31-29/h4,11-12,14-16,18,21,24,31-32H,3,5-10,13,17,19-20H2,1-2H3/b22-4-. The molecule has 0 atom stereocenters. The van der Waals surface area contributed by atoms with Gasteiger partial charge in [0.2, 0.25) is 0 Å². The molecule has 1 aliphatic heterocycles. The lowest BCUT2D eigenvalue weighted by molar-refractivity contribution is 0.535. The summed E-state index contributed by atoms with van der Waals surface area (Å²) in [6.45, 7) is 4.48. The average Bonchev–Trinajstić information content (AvgIpc) is 3.56. The molecule has 3 nitrogen and oxygen atoms in total. The van der Waals surface area contributed by atoms with Crippen LogP contribution in [0.3, 0.4) is 0 Å². The van der Waals surface area contributed by atoms with E-state index in [-0.39, 0.29) is 0 Å². The highest BCUT2D eigenvalue weighted by Gasteiger charge is 2.19. The van der Waals surface area contributed by atoms with E-state index in [4.69, 9.17) is 4.98 Å². The molecular formula is C29H39N3S. The molecule has 2 N–H and O–H groups in total. The van der Waals surface area contributed by atoms with Gasteiger partial charge in [0.1, 0.15) is 0 Å². The molecule has 176 valence electrons. The normalized spacial score (nSPS) is 16.8. The van der Waals surface area contributed by atoms with Crippen LogP contribution >= 0.6 is 11.9 Å². The fraction of sp³-hybridized carbons (Fsp3) is 0.483. The summed E-state index contributed by atoms with van der Waals surface area (Å²) in [5.41, 5.74) is 12.6. The highest BCUT2D eigenvalue weighted by Crippen LogP contribution is 2.29. The molecule has 2 aliphatic rings. The summed E-state index contributed by atoms with van der Waals surface area (Å²) in [5.74, 6) is 0.829. The minimum absolute atomic E-state index is 0.829. The zero-order valence-electron chi connectivity index (χ0n) is 20.3. The first-order valence-electron chi connectivity index (χ1n) is 12.8. The topological polar surface area (TPSA) is 37.0 Å². The number of allylic oxidation sites excluding steroid dienone is 2. The van der Waals surface area contributed by atoms with Gasteiger partial charge in [0, 0.05) is 16.8 Å². The van der Waals surface area contributed by atoms with Gasteiger partial charge in [-0.25, -0.2) is 0 Å². The van der Waals surface area contributed by atoms with Crippen LogP contribution in [0.1, 0.15) is 86.9 Å². The minimum Gasteiger partial charge on any atom is -0.310 e. The Morgan fingerprint density at radius 3 is 2.61 bits per heavy atom. The SMILES string of the molecule is C/C=C(/CCCC)Cc1ccc(CCc2ccc(C3=CSNN3)cc2)nc1CC1CCCC1. The Kier molecular flexibility index (Phi) is 9.08. The number of hydrogen-bond acceptors (Lipinski definition) is 4. The molecule has 1 saturated carbocycles. The van der Waals surface area contributed by atoms with E-state index in [0.717, 1.165) is 37.3 Å². The van der Waals surface area contributed by atoms with Crippen molar-refractivity contribution in [1.29, 1.82) is 0 Å². The van der Waals surface area contributed by atoms with Crippen molar-refractivity contribution < 1.29 is 0 Å². The van der Waals surface area contributed by atoms with Crippen molar-refractivity contribution >= 4 is 17.6 Å². The maximum atomic E-state index is 5.24. The molecule has 0 unspecified atom stereocenters. The van der Waals surface area contributed by atoms with Crippen molar-refractivity contribution in [2.24, 2.45) is 5.92 Å². The van der Waals surface area contributed by atoms with Crippen molar-refractivity contribution in [3.05, 3.63) is 81.5 Å². The molecule has 0 saturated heterocycles. The first kappa shape index (κ1) is 24.1. The maximum Gasteiger partial charge on any atom is 0.0645 e. The van der Waals surface area contributed by atoms with Gasteiger partial charge in [-0.2, -0.15) is 4.83 Å². The van der Waals surface area contributed by atoms with Gasteiger partial charge in [-0.15, -0.1) is 0 Å².